The van der Waals surface area contributed by atoms with Crippen LogP contribution in [0.25, 0.3) is 6.08 Å². The number of anilines is 2. The summed E-state index contributed by atoms with van der Waals surface area (Å²) in [5, 5.41) is 3.18. The van der Waals surface area contributed by atoms with Crippen molar-refractivity contribution in [2.24, 2.45) is 0 Å². The van der Waals surface area contributed by atoms with Gasteiger partial charge in [-0.3, -0.25) is 4.79 Å². The number of benzene rings is 2. The molecule has 1 heterocycles. The third kappa shape index (κ3) is 5.38. The molecule has 1 amide bonds. The van der Waals surface area contributed by atoms with E-state index in [2.05, 4.69) is 5.32 Å². The molecule has 0 unspecified atom stereocenters. The van der Waals surface area contributed by atoms with E-state index < -0.39 is 0 Å². The van der Waals surface area contributed by atoms with Gasteiger partial charge in [-0.15, -0.1) is 0 Å². The molecule has 1 aliphatic heterocycles. The molecule has 0 spiro atoms. The number of carbonyl (C=O) groups is 2. The van der Waals surface area contributed by atoms with E-state index in [0.717, 1.165) is 47.6 Å². The summed E-state index contributed by atoms with van der Waals surface area (Å²) in [5.74, 6) is 0.482. The molecule has 0 aromatic heterocycles. The molecule has 0 saturated carbocycles. The number of rotatable bonds is 7. The first-order valence-corrected chi connectivity index (χ1v) is 9.76. The second-order valence-corrected chi connectivity index (χ2v) is 6.70. The highest BCUT2D eigenvalue weighted by Crippen LogP contribution is 2.30. The Labute approximate surface area is 171 Å². The largest absolute Gasteiger partial charge is 0.497 e. The summed E-state index contributed by atoms with van der Waals surface area (Å²) in [6, 6.07) is 13.4. The number of esters is 1. The molecule has 0 saturated heterocycles. The monoisotopic (exact) mass is 394 g/mol. The minimum atomic E-state index is -0.361. The molecule has 0 aliphatic carbocycles. The summed E-state index contributed by atoms with van der Waals surface area (Å²) in [5.41, 5.74) is 3.83. The molecule has 2 aromatic carbocycles. The zero-order valence-corrected chi connectivity index (χ0v) is 16.8. The van der Waals surface area contributed by atoms with Gasteiger partial charge >= 0.3 is 5.97 Å². The molecule has 0 bridgehead atoms. The van der Waals surface area contributed by atoms with Crippen LogP contribution in [-0.4, -0.2) is 38.7 Å². The van der Waals surface area contributed by atoms with Crippen LogP contribution in [0.1, 0.15) is 24.5 Å². The Hall–Kier alpha value is -3.28. The van der Waals surface area contributed by atoms with Gasteiger partial charge in [0.05, 0.1) is 20.3 Å². The summed E-state index contributed by atoms with van der Waals surface area (Å²) in [6.07, 6.45) is 4.99. The van der Waals surface area contributed by atoms with E-state index in [0.29, 0.717) is 6.61 Å². The smallest absolute Gasteiger partial charge is 0.330 e. The van der Waals surface area contributed by atoms with Crippen LogP contribution in [0, 0.1) is 0 Å². The lowest BCUT2D eigenvalue weighted by Gasteiger charge is -2.30. The third-order valence-electron chi connectivity index (χ3n) is 4.76. The Morgan fingerprint density at radius 3 is 2.69 bits per heavy atom. The lowest BCUT2D eigenvalue weighted by atomic mass is 10.0. The molecular weight excluding hydrogens is 368 g/mol. The van der Waals surface area contributed by atoms with Crippen molar-refractivity contribution in [1.82, 2.24) is 0 Å². The number of fused-ring (bicyclic) bond motifs is 1. The minimum absolute atomic E-state index is 0.0300. The second kappa shape index (κ2) is 9.78. The van der Waals surface area contributed by atoms with Crippen molar-refractivity contribution in [3.63, 3.8) is 0 Å². The normalized spacial score (nSPS) is 13.1. The molecule has 6 heteroatoms. The maximum atomic E-state index is 12.8. The molecule has 0 fully saturated rings. The first kappa shape index (κ1) is 20.5. The van der Waals surface area contributed by atoms with Gasteiger partial charge in [-0.2, -0.15) is 0 Å². The summed E-state index contributed by atoms with van der Waals surface area (Å²) in [6.45, 7) is 3.06. The predicted octanol–water partition coefficient (Wildman–Crippen LogP) is 3.66. The summed E-state index contributed by atoms with van der Waals surface area (Å²) in [7, 11) is 1.65. The number of methoxy groups -OCH3 is 1. The molecule has 2 aromatic rings. The molecule has 1 N–H and O–H groups in total. The van der Waals surface area contributed by atoms with Crippen molar-refractivity contribution in [3.8, 4) is 5.75 Å². The van der Waals surface area contributed by atoms with Crippen LogP contribution in [0.15, 0.2) is 48.5 Å². The van der Waals surface area contributed by atoms with Gasteiger partial charge < -0.3 is 19.7 Å². The van der Waals surface area contributed by atoms with Gasteiger partial charge in [0.15, 0.2) is 0 Å². The van der Waals surface area contributed by atoms with E-state index in [-0.39, 0.29) is 18.4 Å². The SMILES string of the molecule is CCOC(=O)/C=C/c1ccc(NCC(=O)N2CCCc3cc(OC)ccc32)cc1. The molecule has 29 heavy (non-hydrogen) atoms. The molecule has 0 atom stereocenters. The van der Waals surface area contributed by atoms with Gasteiger partial charge in [-0.25, -0.2) is 4.79 Å². The number of nitrogens with one attached hydrogen (secondary N) is 1. The van der Waals surface area contributed by atoms with Gasteiger partial charge in [-0.1, -0.05) is 12.1 Å². The van der Waals surface area contributed by atoms with Gasteiger partial charge in [0, 0.05) is 24.0 Å². The Morgan fingerprint density at radius 2 is 1.97 bits per heavy atom. The predicted molar refractivity (Wildman–Crippen MR) is 114 cm³/mol. The van der Waals surface area contributed by atoms with E-state index in [1.165, 1.54) is 6.08 Å². The van der Waals surface area contributed by atoms with Crippen molar-refractivity contribution in [3.05, 3.63) is 59.7 Å². The van der Waals surface area contributed by atoms with Crippen molar-refractivity contribution in [2.45, 2.75) is 19.8 Å². The Bertz CT molecular complexity index is 890. The minimum Gasteiger partial charge on any atom is -0.497 e. The Balaban J connectivity index is 1.58. The molecule has 1 aliphatic rings. The first-order valence-electron chi connectivity index (χ1n) is 9.76. The van der Waals surface area contributed by atoms with Crippen molar-refractivity contribution in [2.75, 3.05) is 37.0 Å². The van der Waals surface area contributed by atoms with Gasteiger partial charge in [-0.05, 0) is 67.3 Å². The van der Waals surface area contributed by atoms with Gasteiger partial charge in [0.25, 0.3) is 0 Å². The molecule has 0 radical (unpaired) electrons. The summed E-state index contributed by atoms with van der Waals surface area (Å²) < 4.78 is 10.1. The average molecular weight is 394 g/mol. The van der Waals surface area contributed by atoms with Crippen LogP contribution in [0.5, 0.6) is 5.75 Å². The van der Waals surface area contributed by atoms with Crippen LogP contribution >= 0.6 is 0 Å². The molecule has 6 nitrogen and oxygen atoms in total. The fraction of sp³-hybridized carbons (Fsp3) is 0.304. The summed E-state index contributed by atoms with van der Waals surface area (Å²) >= 11 is 0. The van der Waals surface area contributed by atoms with Crippen LogP contribution in [-0.2, 0) is 20.7 Å². The van der Waals surface area contributed by atoms with Gasteiger partial charge in [0.2, 0.25) is 5.91 Å². The summed E-state index contributed by atoms with van der Waals surface area (Å²) in [4.78, 5) is 26.0. The van der Waals surface area contributed by atoms with Gasteiger partial charge in [0.1, 0.15) is 5.75 Å². The maximum absolute atomic E-state index is 12.8. The van der Waals surface area contributed by atoms with Crippen molar-refractivity contribution in [1.29, 1.82) is 0 Å². The quantitative estimate of drug-likeness (QED) is 0.573. The van der Waals surface area contributed by atoms with E-state index in [1.54, 1.807) is 20.1 Å². The maximum Gasteiger partial charge on any atom is 0.330 e. The highest BCUT2D eigenvalue weighted by molar-refractivity contribution is 5.97. The van der Waals surface area contributed by atoms with E-state index in [9.17, 15) is 9.59 Å². The van der Waals surface area contributed by atoms with Crippen molar-refractivity contribution < 1.29 is 19.1 Å². The zero-order chi connectivity index (χ0) is 20.6. The number of nitrogens with zero attached hydrogens (tertiary/aromatic N) is 1. The molecule has 152 valence electrons. The Kier molecular flexibility index (Phi) is 6.89. The first-order chi connectivity index (χ1) is 14.1. The molecular formula is C23H26N2O4. The average Bonchev–Trinajstić information content (AvgIpc) is 2.76. The van der Waals surface area contributed by atoms with Crippen LogP contribution in [0.4, 0.5) is 11.4 Å². The van der Waals surface area contributed by atoms with E-state index in [1.807, 2.05) is 47.4 Å². The number of hydrogen-bond acceptors (Lipinski definition) is 5. The lowest BCUT2D eigenvalue weighted by Crippen LogP contribution is -2.39. The van der Waals surface area contributed by atoms with Crippen molar-refractivity contribution >= 4 is 29.3 Å². The second-order valence-electron chi connectivity index (χ2n) is 6.70. The van der Waals surface area contributed by atoms with Crippen LogP contribution in [0.3, 0.4) is 0 Å². The van der Waals surface area contributed by atoms with E-state index in [4.69, 9.17) is 9.47 Å². The lowest BCUT2D eigenvalue weighted by molar-refractivity contribution is -0.137. The topological polar surface area (TPSA) is 67.9 Å². The van der Waals surface area contributed by atoms with Crippen LogP contribution < -0.4 is 15.0 Å². The number of carbonyl (C=O) groups excluding carboxylic acids is 2. The fourth-order valence-electron chi connectivity index (χ4n) is 3.30. The van der Waals surface area contributed by atoms with E-state index >= 15 is 0 Å². The number of aryl methyl sites for hydroxylation is 1. The third-order valence-corrected chi connectivity index (χ3v) is 4.76. The Morgan fingerprint density at radius 1 is 1.17 bits per heavy atom. The highest BCUT2D eigenvalue weighted by atomic mass is 16.5. The number of ether oxygens (including phenoxy) is 2. The fourth-order valence-corrected chi connectivity index (χ4v) is 3.30. The standard InChI is InChI=1S/C23H26N2O4/c1-3-29-23(27)13-8-17-6-9-19(10-7-17)24-16-22(26)25-14-4-5-18-15-20(28-2)11-12-21(18)25/h6-13,15,24H,3-5,14,16H2,1-2H3/b13-8+. The number of amides is 1. The highest BCUT2D eigenvalue weighted by Gasteiger charge is 2.22. The number of hydrogen-bond donors (Lipinski definition) is 1. The molecule has 3 rings (SSSR count). The zero-order valence-electron chi connectivity index (χ0n) is 16.8. The van der Waals surface area contributed by atoms with Crippen LogP contribution in [0.2, 0.25) is 0 Å².